The van der Waals surface area contributed by atoms with Crippen molar-refractivity contribution < 1.29 is 0 Å². The van der Waals surface area contributed by atoms with Crippen molar-refractivity contribution in [1.82, 2.24) is 14.8 Å². The third kappa shape index (κ3) is 2.34. The number of halogens is 1. The first-order chi connectivity index (χ1) is 8.83. The van der Waals surface area contributed by atoms with E-state index >= 15 is 0 Å². The van der Waals surface area contributed by atoms with Gasteiger partial charge in [-0.15, -0.1) is 0 Å². The van der Waals surface area contributed by atoms with Crippen molar-refractivity contribution >= 4 is 17.3 Å². The van der Waals surface area contributed by atoms with Gasteiger partial charge >= 0.3 is 0 Å². The van der Waals surface area contributed by atoms with E-state index in [-0.39, 0.29) is 0 Å². The van der Waals surface area contributed by atoms with E-state index in [4.69, 9.17) is 11.6 Å². The van der Waals surface area contributed by atoms with Gasteiger partial charge in [0.25, 0.3) is 0 Å². The molecule has 0 atom stereocenters. The molecule has 0 aromatic carbocycles. The Bertz CT molecular complexity index is 503. The van der Waals surface area contributed by atoms with Crippen LogP contribution in [0.5, 0.6) is 0 Å². The van der Waals surface area contributed by atoms with Gasteiger partial charge in [-0.3, -0.25) is 4.68 Å². The average molecular weight is 263 g/mol. The Morgan fingerprint density at radius 1 is 1.22 bits per heavy atom. The number of rotatable bonds is 2. The van der Waals surface area contributed by atoms with Crippen molar-refractivity contribution in [3.05, 3.63) is 41.9 Å². The Morgan fingerprint density at radius 2 is 2.06 bits per heavy atom. The van der Waals surface area contributed by atoms with Crippen LogP contribution in [0.15, 0.2) is 36.8 Å². The van der Waals surface area contributed by atoms with Gasteiger partial charge in [0.05, 0.1) is 6.04 Å². The molecule has 0 N–H and O–H groups in total. The van der Waals surface area contributed by atoms with Gasteiger partial charge in [-0.25, -0.2) is 4.98 Å². The summed E-state index contributed by atoms with van der Waals surface area (Å²) in [6.07, 6.45) is 7.87. The molecule has 0 radical (unpaired) electrons. The molecule has 1 aliphatic heterocycles. The van der Waals surface area contributed by atoms with Gasteiger partial charge in [-0.05, 0) is 31.0 Å². The summed E-state index contributed by atoms with van der Waals surface area (Å²) in [7, 11) is 0. The van der Waals surface area contributed by atoms with Gasteiger partial charge in [0.1, 0.15) is 5.15 Å². The Hall–Kier alpha value is -1.55. The fraction of sp³-hybridized carbons (Fsp3) is 0.385. The van der Waals surface area contributed by atoms with Crippen molar-refractivity contribution in [2.24, 2.45) is 0 Å². The average Bonchev–Trinajstić information content (AvgIpc) is 2.93. The molecule has 5 heteroatoms. The maximum atomic E-state index is 5.92. The highest BCUT2D eigenvalue weighted by molar-refractivity contribution is 6.29. The molecule has 4 nitrogen and oxygen atoms in total. The molecule has 2 aromatic rings. The van der Waals surface area contributed by atoms with Gasteiger partial charge in [0, 0.05) is 37.4 Å². The lowest BCUT2D eigenvalue weighted by Gasteiger charge is -2.33. The zero-order chi connectivity index (χ0) is 12.4. The molecule has 0 aliphatic carbocycles. The van der Waals surface area contributed by atoms with Crippen molar-refractivity contribution in [3.8, 4) is 0 Å². The first-order valence-corrected chi connectivity index (χ1v) is 6.56. The smallest absolute Gasteiger partial charge is 0.131 e. The SMILES string of the molecule is Clc1cc(N2CCC(n3cccn3)CC2)ccn1. The summed E-state index contributed by atoms with van der Waals surface area (Å²) in [5.74, 6) is 0. The molecule has 1 saturated heterocycles. The van der Waals surface area contributed by atoms with E-state index in [1.807, 2.05) is 30.6 Å². The van der Waals surface area contributed by atoms with Gasteiger partial charge < -0.3 is 4.90 Å². The van der Waals surface area contributed by atoms with Crippen molar-refractivity contribution in [2.75, 3.05) is 18.0 Å². The van der Waals surface area contributed by atoms with Gasteiger partial charge in [-0.1, -0.05) is 11.6 Å². The standard InChI is InChI=1S/C13H15ClN4/c14-13-10-12(2-6-15-13)17-8-3-11(4-9-17)18-7-1-5-16-18/h1-2,5-7,10-11H,3-4,8-9H2. The molecular weight excluding hydrogens is 248 g/mol. The quantitative estimate of drug-likeness (QED) is 0.781. The molecule has 2 aromatic heterocycles. The summed E-state index contributed by atoms with van der Waals surface area (Å²) >= 11 is 5.92. The highest BCUT2D eigenvalue weighted by Crippen LogP contribution is 2.26. The van der Waals surface area contributed by atoms with Crippen LogP contribution in [-0.2, 0) is 0 Å². The molecule has 3 heterocycles. The first-order valence-electron chi connectivity index (χ1n) is 6.18. The van der Waals surface area contributed by atoms with E-state index in [0.29, 0.717) is 11.2 Å². The molecule has 3 rings (SSSR count). The third-order valence-electron chi connectivity index (χ3n) is 3.44. The van der Waals surface area contributed by atoms with Crippen LogP contribution in [0.3, 0.4) is 0 Å². The fourth-order valence-corrected chi connectivity index (χ4v) is 2.64. The number of hydrogen-bond donors (Lipinski definition) is 0. The van der Waals surface area contributed by atoms with Crippen LogP contribution in [0.2, 0.25) is 5.15 Å². The molecule has 0 amide bonds. The van der Waals surface area contributed by atoms with E-state index in [9.17, 15) is 0 Å². The summed E-state index contributed by atoms with van der Waals surface area (Å²) in [5, 5.41) is 4.88. The van der Waals surface area contributed by atoms with Gasteiger partial charge in [-0.2, -0.15) is 5.10 Å². The predicted octanol–water partition coefficient (Wildman–Crippen LogP) is 2.77. The normalized spacial score (nSPS) is 17.1. The maximum absolute atomic E-state index is 5.92. The zero-order valence-corrected chi connectivity index (χ0v) is 10.8. The highest BCUT2D eigenvalue weighted by atomic mass is 35.5. The summed E-state index contributed by atoms with van der Waals surface area (Å²) in [4.78, 5) is 6.37. The topological polar surface area (TPSA) is 34.0 Å². The lowest BCUT2D eigenvalue weighted by Crippen LogP contribution is -2.34. The summed E-state index contributed by atoms with van der Waals surface area (Å²) in [6.45, 7) is 2.07. The fourth-order valence-electron chi connectivity index (χ4n) is 2.47. The Labute approximate surface area is 111 Å². The number of anilines is 1. The second-order valence-electron chi connectivity index (χ2n) is 4.54. The maximum Gasteiger partial charge on any atom is 0.131 e. The van der Waals surface area contributed by atoms with E-state index in [1.54, 1.807) is 6.20 Å². The van der Waals surface area contributed by atoms with E-state index in [0.717, 1.165) is 31.6 Å². The Balaban J connectivity index is 1.67. The second kappa shape index (κ2) is 4.98. The van der Waals surface area contributed by atoms with Crippen LogP contribution in [0.4, 0.5) is 5.69 Å². The number of aromatic nitrogens is 3. The van der Waals surface area contributed by atoms with Crippen LogP contribution < -0.4 is 4.90 Å². The lowest BCUT2D eigenvalue weighted by atomic mass is 10.0. The molecular formula is C13H15ClN4. The number of nitrogens with zero attached hydrogens (tertiary/aromatic N) is 4. The summed E-state index contributed by atoms with van der Waals surface area (Å²) < 4.78 is 2.07. The Kier molecular flexibility index (Phi) is 3.19. The van der Waals surface area contributed by atoms with E-state index in [1.165, 1.54) is 0 Å². The minimum atomic E-state index is 0.522. The summed E-state index contributed by atoms with van der Waals surface area (Å²) in [6, 6.07) is 6.44. The van der Waals surface area contributed by atoms with Crippen LogP contribution in [0, 0.1) is 0 Å². The monoisotopic (exact) mass is 262 g/mol. The van der Waals surface area contributed by atoms with Gasteiger partial charge in [0.2, 0.25) is 0 Å². The van der Waals surface area contributed by atoms with E-state index in [2.05, 4.69) is 19.7 Å². The number of piperidine rings is 1. The van der Waals surface area contributed by atoms with E-state index < -0.39 is 0 Å². The predicted molar refractivity (Wildman–Crippen MR) is 72.0 cm³/mol. The molecule has 0 spiro atoms. The molecule has 0 bridgehead atoms. The first kappa shape index (κ1) is 11.5. The minimum Gasteiger partial charge on any atom is -0.371 e. The molecule has 0 unspecified atom stereocenters. The highest BCUT2D eigenvalue weighted by Gasteiger charge is 2.20. The molecule has 1 aliphatic rings. The molecule has 18 heavy (non-hydrogen) atoms. The van der Waals surface area contributed by atoms with Crippen LogP contribution in [0.25, 0.3) is 0 Å². The largest absolute Gasteiger partial charge is 0.371 e. The zero-order valence-electron chi connectivity index (χ0n) is 10.0. The van der Waals surface area contributed by atoms with Crippen molar-refractivity contribution in [2.45, 2.75) is 18.9 Å². The van der Waals surface area contributed by atoms with Gasteiger partial charge in [0.15, 0.2) is 0 Å². The van der Waals surface area contributed by atoms with Crippen LogP contribution in [-0.4, -0.2) is 27.9 Å². The Morgan fingerprint density at radius 3 is 2.72 bits per heavy atom. The number of pyridine rings is 1. The van der Waals surface area contributed by atoms with Crippen molar-refractivity contribution in [3.63, 3.8) is 0 Å². The van der Waals surface area contributed by atoms with Crippen LogP contribution in [0.1, 0.15) is 18.9 Å². The van der Waals surface area contributed by atoms with Crippen molar-refractivity contribution in [1.29, 1.82) is 0 Å². The van der Waals surface area contributed by atoms with Crippen LogP contribution >= 0.6 is 11.6 Å². The third-order valence-corrected chi connectivity index (χ3v) is 3.65. The molecule has 0 saturated carbocycles. The second-order valence-corrected chi connectivity index (χ2v) is 4.93. The molecule has 1 fully saturated rings. The number of hydrogen-bond acceptors (Lipinski definition) is 3. The summed E-state index contributed by atoms with van der Waals surface area (Å²) in [5.41, 5.74) is 1.16. The molecule has 94 valence electrons. The lowest BCUT2D eigenvalue weighted by molar-refractivity contribution is 0.367. The minimum absolute atomic E-state index is 0.522.